The SMILES string of the molecule is CC(C)c1cc(C(=O)O)c([O-])c(C(C)C)c1.CC(C)c1cc(C(=O)O)c([O-])c(C(C)C)c1.[Fe+2]. The van der Waals surface area contributed by atoms with E-state index in [1.165, 1.54) is 12.1 Å². The molecule has 0 fully saturated rings. The Kier molecular flexibility index (Phi) is 11.7. The Morgan fingerprint density at radius 3 is 1.06 bits per heavy atom. The molecular weight excluding hydrogens is 464 g/mol. The normalized spacial score (nSPS) is 10.8. The Hall–Kier alpha value is -2.50. The molecule has 2 aromatic carbocycles. The van der Waals surface area contributed by atoms with Gasteiger partial charge in [-0.15, -0.1) is 0 Å². The molecule has 182 valence electrons. The van der Waals surface area contributed by atoms with E-state index in [9.17, 15) is 19.8 Å². The van der Waals surface area contributed by atoms with E-state index in [1.807, 2.05) is 67.5 Å². The summed E-state index contributed by atoms with van der Waals surface area (Å²) in [5, 5.41) is 41.6. The van der Waals surface area contributed by atoms with Crippen LogP contribution < -0.4 is 10.2 Å². The number of carboxylic acid groups (broad SMARTS) is 2. The molecule has 0 amide bonds. The van der Waals surface area contributed by atoms with Gasteiger partial charge in [0.25, 0.3) is 0 Å². The number of carbonyl (C=O) groups is 2. The molecule has 0 aliphatic carbocycles. The minimum atomic E-state index is -1.14. The first kappa shape index (κ1) is 30.5. The molecule has 33 heavy (non-hydrogen) atoms. The summed E-state index contributed by atoms with van der Waals surface area (Å²) >= 11 is 0. The van der Waals surface area contributed by atoms with Crippen LogP contribution in [-0.4, -0.2) is 22.2 Å². The summed E-state index contributed by atoms with van der Waals surface area (Å²) in [5.74, 6) is -2.47. The van der Waals surface area contributed by atoms with Gasteiger partial charge in [0.2, 0.25) is 0 Å². The van der Waals surface area contributed by atoms with Crippen molar-refractivity contribution >= 4 is 11.9 Å². The molecule has 2 N–H and O–H groups in total. The second kappa shape index (κ2) is 12.7. The topological polar surface area (TPSA) is 121 Å². The van der Waals surface area contributed by atoms with Gasteiger partial charge in [0.1, 0.15) is 0 Å². The Bertz CT molecular complexity index is 898. The van der Waals surface area contributed by atoms with Crippen LogP contribution in [0.5, 0.6) is 11.5 Å². The van der Waals surface area contributed by atoms with E-state index in [0.717, 1.165) is 11.1 Å². The molecule has 0 saturated carbocycles. The van der Waals surface area contributed by atoms with E-state index in [4.69, 9.17) is 10.2 Å². The van der Waals surface area contributed by atoms with E-state index in [1.54, 1.807) is 0 Å². The van der Waals surface area contributed by atoms with Crippen molar-refractivity contribution in [3.63, 3.8) is 0 Å². The quantitative estimate of drug-likeness (QED) is 0.514. The molecule has 0 aliphatic rings. The van der Waals surface area contributed by atoms with Crippen LogP contribution in [0.1, 0.15) is 122 Å². The van der Waals surface area contributed by atoms with Crippen LogP contribution in [0.2, 0.25) is 0 Å². The molecule has 7 heteroatoms. The fraction of sp³-hybridized carbons (Fsp3) is 0.462. The average Bonchev–Trinajstić information content (AvgIpc) is 2.67. The van der Waals surface area contributed by atoms with Crippen molar-refractivity contribution in [3.8, 4) is 11.5 Å². The summed E-state index contributed by atoms with van der Waals surface area (Å²) in [4.78, 5) is 21.9. The Balaban J connectivity index is 0.000000602. The Labute approximate surface area is 207 Å². The third-order valence-corrected chi connectivity index (χ3v) is 5.32. The van der Waals surface area contributed by atoms with Gasteiger partial charge in [-0.1, -0.05) is 90.1 Å². The number of benzene rings is 2. The van der Waals surface area contributed by atoms with E-state index in [0.29, 0.717) is 11.1 Å². The van der Waals surface area contributed by atoms with Crippen molar-refractivity contribution in [2.45, 2.75) is 79.1 Å². The van der Waals surface area contributed by atoms with E-state index >= 15 is 0 Å². The Morgan fingerprint density at radius 1 is 0.606 bits per heavy atom. The van der Waals surface area contributed by atoms with Gasteiger partial charge in [0.05, 0.1) is 11.1 Å². The van der Waals surface area contributed by atoms with Crippen LogP contribution in [0.15, 0.2) is 24.3 Å². The first-order valence-electron chi connectivity index (χ1n) is 10.8. The van der Waals surface area contributed by atoms with E-state index < -0.39 is 11.9 Å². The van der Waals surface area contributed by atoms with Crippen molar-refractivity contribution < 1.29 is 47.1 Å². The monoisotopic (exact) mass is 498 g/mol. The molecule has 0 radical (unpaired) electrons. The number of aromatic carboxylic acids is 2. The van der Waals surface area contributed by atoms with Gasteiger partial charge < -0.3 is 20.4 Å². The second-order valence-electron chi connectivity index (χ2n) is 9.20. The predicted octanol–water partition coefficient (Wildman–Crippen LogP) is 5.41. The fourth-order valence-corrected chi connectivity index (χ4v) is 3.19. The summed E-state index contributed by atoms with van der Waals surface area (Å²) in [6.45, 7) is 15.5. The first-order chi connectivity index (χ1) is 14.7. The number of carboxylic acids is 2. The van der Waals surface area contributed by atoms with Crippen LogP contribution in [0.4, 0.5) is 0 Å². The van der Waals surface area contributed by atoms with Crippen molar-refractivity contribution in [3.05, 3.63) is 57.6 Å². The molecular formula is C26H34FeO6. The van der Waals surface area contributed by atoms with Crippen LogP contribution in [-0.2, 0) is 17.1 Å². The molecule has 0 aromatic heterocycles. The Morgan fingerprint density at radius 2 is 0.879 bits per heavy atom. The van der Waals surface area contributed by atoms with Gasteiger partial charge in [0.15, 0.2) is 0 Å². The van der Waals surface area contributed by atoms with E-state index in [2.05, 4.69) is 0 Å². The van der Waals surface area contributed by atoms with Crippen molar-refractivity contribution in [2.75, 3.05) is 0 Å². The zero-order valence-electron chi connectivity index (χ0n) is 20.5. The molecule has 0 unspecified atom stereocenters. The van der Waals surface area contributed by atoms with Crippen molar-refractivity contribution in [2.24, 2.45) is 0 Å². The largest absolute Gasteiger partial charge is 2.00 e. The molecule has 0 saturated heterocycles. The number of rotatable bonds is 6. The molecule has 0 spiro atoms. The summed E-state index contributed by atoms with van der Waals surface area (Å²) in [5.41, 5.74) is 2.75. The van der Waals surface area contributed by atoms with Gasteiger partial charge in [-0.25, -0.2) is 9.59 Å². The maximum atomic E-state index is 11.8. The predicted molar refractivity (Wildman–Crippen MR) is 122 cm³/mol. The van der Waals surface area contributed by atoms with Gasteiger partial charge in [0, 0.05) is 0 Å². The summed E-state index contributed by atoms with van der Waals surface area (Å²) in [6, 6.07) is 6.62. The number of hydrogen-bond acceptors (Lipinski definition) is 4. The second-order valence-corrected chi connectivity index (χ2v) is 9.20. The molecule has 2 rings (SSSR count). The average molecular weight is 498 g/mol. The molecule has 0 atom stereocenters. The van der Waals surface area contributed by atoms with Crippen LogP contribution in [0, 0.1) is 0 Å². The van der Waals surface area contributed by atoms with Crippen LogP contribution in [0.3, 0.4) is 0 Å². The summed E-state index contributed by atoms with van der Waals surface area (Å²) < 4.78 is 0. The standard InChI is InChI=1S/2C13H18O3.Fe/c2*1-7(2)9-5-10(8(3)4)12(14)11(6-9)13(15)16;/h2*5-8,14H,1-4H3,(H,15,16);/q;;+2/p-2. The third kappa shape index (κ3) is 7.79. The summed E-state index contributed by atoms with van der Waals surface area (Å²) in [6.07, 6.45) is 0. The van der Waals surface area contributed by atoms with Gasteiger partial charge in [-0.2, -0.15) is 0 Å². The van der Waals surface area contributed by atoms with Crippen molar-refractivity contribution in [1.82, 2.24) is 0 Å². The molecule has 0 bridgehead atoms. The van der Waals surface area contributed by atoms with Gasteiger partial charge in [-0.3, -0.25) is 0 Å². The van der Waals surface area contributed by atoms with E-state index in [-0.39, 0.29) is 63.4 Å². The summed E-state index contributed by atoms with van der Waals surface area (Å²) in [7, 11) is 0. The minimum absolute atomic E-state index is 0. The first-order valence-corrected chi connectivity index (χ1v) is 10.8. The van der Waals surface area contributed by atoms with Crippen LogP contribution >= 0.6 is 0 Å². The molecule has 6 nitrogen and oxygen atoms in total. The van der Waals surface area contributed by atoms with Crippen molar-refractivity contribution in [1.29, 1.82) is 0 Å². The maximum absolute atomic E-state index is 11.8. The zero-order chi connectivity index (χ0) is 24.9. The molecule has 2 aromatic rings. The van der Waals surface area contributed by atoms with Crippen LogP contribution in [0.25, 0.3) is 0 Å². The zero-order valence-corrected chi connectivity index (χ0v) is 21.6. The smallest absolute Gasteiger partial charge is 0.872 e. The molecule has 0 heterocycles. The maximum Gasteiger partial charge on any atom is 2.00 e. The minimum Gasteiger partial charge on any atom is -0.872 e. The van der Waals surface area contributed by atoms with Gasteiger partial charge in [-0.05, 0) is 46.9 Å². The van der Waals surface area contributed by atoms with Gasteiger partial charge >= 0.3 is 29.0 Å². The third-order valence-electron chi connectivity index (χ3n) is 5.32. The number of hydrogen-bond donors (Lipinski definition) is 2. The molecule has 0 aliphatic heterocycles. The fourth-order valence-electron chi connectivity index (χ4n) is 3.19.